The third-order valence-electron chi connectivity index (χ3n) is 2.24. The average molecular weight is 194 g/mol. The summed E-state index contributed by atoms with van der Waals surface area (Å²) in [5, 5.41) is 8.71. The molecule has 3 N–H and O–H groups in total. The molecule has 1 rings (SSSR count). The van der Waals surface area contributed by atoms with Crippen LogP contribution in [0.2, 0.25) is 0 Å². The fraction of sp³-hybridized carbons (Fsp3) is 0.455. The van der Waals surface area contributed by atoms with Crippen LogP contribution in [0.3, 0.4) is 0 Å². The van der Waals surface area contributed by atoms with Crippen LogP contribution in [0.15, 0.2) is 24.3 Å². The molecule has 0 atom stereocenters. The molecule has 0 saturated carbocycles. The quantitative estimate of drug-likeness (QED) is 0.680. The van der Waals surface area contributed by atoms with Crippen LogP contribution < -0.4 is 5.73 Å². The molecule has 0 unspecified atom stereocenters. The number of aliphatic hydroxyl groups is 1. The van der Waals surface area contributed by atoms with E-state index in [-0.39, 0.29) is 6.61 Å². The number of anilines is 1. The lowest BCUT2D eigenvalue weighted by Crippen LogP contribution is -2.24. The highest BCUT2D eigenvalue weighted by molar-refractivity contribution is 5.39. The Hall–Kier alpha value is -1.06. The van der Waals surface area contributed by atoms with Gasteiger partial charge in [-0.25, -0.2) is 0 Å². The van der Waals surface area contributed by atoms with Crippen molar-refractivity contribution in [2.24, 2.45) is 0 Å². The molecule has 1 aromatic rings. The van der Waals surface area contributed by atoms with Gasteiger partial charge in [-0.1, -0.05) is 12.1 Å². The summed E-state index contributed by atoms with van der Waals surface area (Å²) in [6.07, 6.45) is 0.997. The number of nitrogens with zero attached hydrogens (tertiary/aromatic N) is 1. The van der Waals surface area contributed by atoms with E-state index in [1.165, 1.54) is 5.56 Å². The molecule has 0 fully saturated rings. The molecule has 0 spiro atoms. The summed E-state index contributed by atoms with van der Waals surface area (Å²) in [4.78, 5) is 2.11. The third kappa shape index (κ3) is 3.77. The summed E-state index contributed by atoms with van der Waals surface area (Å²) < 4.78 is 0. The van der Waals surface area contributed by atoms with Gasteiger partial charge in [0.05, 0.1) is 6.61 Å². The van der Waals surface area contributed by atoms with Crippen molar-refractivity contribution >= 4 is 5.69 Å². The number of hydrogen-bond acceptors (Lipinski definition) is 3. The number of aliphatic hydroxyl groups excluding tert-OH is 1. The van der Waals surface area contributed by atoms with Crippen molar-refractivity contribution in [3.8, 4) is 0 Å². The van der Waals surface area contributed by atoms with E-state index in [1.54, 1.807) is 0 Å². The minimum absolute atomic E-state index is 0.220. The van der Waals surface area contributed by atoms with Crippen LogP contribution in [0.1, 0.15) is 5.56 Å². The first kappa shape index (κ1) is 11.0. The smallest absolute Gasteiger partial charge is 0.0558 e. The highest BCUT2D eigenvalue weighted by atomic mass is 16.3. The van der Waals surface area contributed by atoms with Gasteiger partial charge in [-0.15, -0.1) is 0 Å². The fourth-order valence-electron chi connectivity index (χ4n) is 1.29. The second kappa shape index (κ2) is 5.62. The number of hydrogen-bond donors (Lipinski definition) is 2. The Morgan fingerprint density at radius 1 is 1.21 bits per heavy atom. The van der Waals surface area contributed by atoms with Gasteiger partial charge in [0.15, 0.2) is 0 Å². The first-order chi connectivity index (χ1) is 6.72. The molecule has 0 aromatic heterocycles. The largest absolute Gasteiger partial charge is 0.399 e. The van der Waals surface area contributed by atoms with Gasteiger partial charge in [-0.05, 0) is 31.2 Å². The number of nitrogen functional groups attached to an aromatic ring is 1. The van der Waals surface area contributed by atoms with Gasteiger partial charge in [0.2, 0.25) is 0 Å². The average Bonchev–Trinajstić information content (AvgIpc) is 2.17. The van der Waals surface area contributed by atoms with Crippen molar-refractivity contribution in [1.29, 1.82) is 0 Å². The molecule has 0 aliphatic heterocycles. The molecule has 0 aliphatic carbocycles. The van der Waals surface area contributed by atoms with Crippen molar-refractivity contribution in [2.75, 3.05) is 32.5 Å². The Balaban J connectivity index is 2.34. The number of rotatable bonds is 5. The van der Waals surface area contributed by atoms with E-state index in [0.29, 0.717) is 0 Å². The third-order valence-corrected chi connectivity index (χ3v) is 2.24. The van der Waals surface area contributed by atoms with Gasteiger partial charge in [0.25, 0.3) is 0 Å². The van der Waals surface area contributed by atoms with Crippen LogP contribution in [-0.2, 0) is 6.42 Å². The van der Waals surface area contributed by atoms with E-state index >= 15 is 0 Å². The SMILES string of the molecule is CN(CCO)CCc1ccc(N)cc1. The normalized spacial score (nSPS) is 10.8. The lowest BCUT2D eigenvalue weighted by atomic mass is 10.1. The minimum Gasteiger partial charge on any atom is -0.399 e. The van der Waals surface area contributed by atoms with E-state index in [9.17, 15) is 0 Å². The Kier molecular flexibility index (Phi) is 4.43. The van der Waals surface area contributed by atoms with Gasteiger partial charge < -0.3 is 15.7 Å². The fourth-order valence-corrected chi connectivity index (χ4v) is 1.29. The molecule has 0 heterocycles. The molecular weight excluding hydrogens is 176 g/mol. The maximum atomic E-state index is 8.71. The van der Waals surface area contributed by atoms with Gasteiger partial charge in [0.1, 0.15) is 0 Å². The van der Waals surface area contributed by atoms with Gasteiger partial charge in [-0.3, -0.25) is 0 Å². The van der Waals surface area contributed by atoms with E-state index < -0.39 is 0 Å². The Bertz CT molecular complexity index is 258. The van der Waals surface area contributed by atoms with Gasteiger partial charge in [-0.2, -0.15) is 0 Å². The lowest BCUT2D eigenvalue weighted by molar-refractivity contribution is 0.223. The zero-order valence-electron chi connectivity index (χ0n) is 8.61. The minimum atomic E-state index is 0.220. The molecule has 3 heteroatoms. The highest BCUT2D eigenvalue weighted by Crippen LogP contribution is 2.06. The summed E-state index contributed by atoms with van der Waals surface area (Å²) in [6.45, 7) is 1.91. The van der Waals surface area contributed by atoms with Crippen molar-refractivity contribution in [1.82, 2.24) is 4.90 Å². The van der Waals surface area contributed by atoms with Crippen LogP contribution in [0.4, 0.5) is 5.69 Å². The second-order valence-electron chi connectivity index (χ2n) is 3.52. The van der Waals surface area contributed by atoms with E-state index in [2.05, 4.69) is 4.90 Å². The first-order valence-electron chi connectivity index (χ1n) is 4.86. The number of nitrogens with two attached hydrogens (primary N) is 1. The van der Waals surface area contributed by atoms with Gasteiger partial charge >= 0.3 is 0 Å². The standard InChI is InChI=1S/C11H18N2O/c1-13(8-9-14)7-6-10-2-4-11(12)5-3-10/h2-5,14H,6-9,12H2,1H3. The summed E-state index contributed by atoms with van der Waals surface area (Å²) in [6, 6.07) is 7.92. The molecule has 0 aliphatic rings. The molecular formula is C11H18N2O. The first-order valence-corrected chi connectivity index (χ1v) is 4.86. The van der Waals surface area contributed by atoms with E-state index in [4.69, 9.17) is 10.8 Å². The topological polar surface area (TPSA) is 49.5 Å². The van der Waals surface area contributed by atoms with Crippen molar-refractivity contribution in [2.45, 2.75) is 6.42 Å². The Morgan fingerprint density at radius 2 is 1.86 bits per heavy atom. The Morgan fingerprint density at radius 3 is 2.43 bits per heavy atom. The maximum Gasteiger partial charge on any atom is 0.0558 e. The number of likely N-dealkylation sites (N-methyl/N-ethyl adjacent to an activating group) is 1. The van der Waals surface area contributed by atoms with Crippen molar-refractivity contribution in [3.63, 3.8) is 0 Å². The van der Waals surface area contributed by atoms with Crippen LogP contribution in [0.25, 0.3) is 0 Å². The predicted molar refractivity (Wildman–Crippen MR) is 59.1 cm³/mol. The zero-order chi connectivity index (χ0) is 10.4. The van der Waals surface area contributed by atoms with Crippen molar-refractivity contribution < 1.29 is 5.11 Å². The molecule has 0 bridgehead atoms. The summed E-state index contributed by atoms with van der Waals surface area (Å²) in [5.74, 6) is 0. The Labute approximate surface area is 85.2 Å². The zero-order valence-corrected chi connectivity index (χ0v) is 8.61. The molecule has 1 aromatic carbocycles. The van der Waals surface area contributed by atoms with E-state index in [0.717, 1.165) is 25.2 Å². The van der Waals surface area contributed by atoms with Gasteiger partial charge in [0, 0.05) is 18.8 Å². The molecule has 3 nitrogen and oxygen atoms in total. The maximum absolute atomic E-state index is 8.71. The van der Waals surface area contributed by atoms with Crippen LogP contribution >= 0.6 is 0 Å². The molecule has 0 amide bonds. The molecule has 78 valence electrons. The lowest BCUT2D eigenvalue weighted by Gasteiger charge is -2.14. The second-order valence-corrected chi connectivity index (χ2v) is 3.52. The highest BCUT2D eigenvalue weighted by Gasteiger charge is 1.98. The van der Waals surface area contributed by atoms with Crippen LogP contribution in [0, 0.1) is 0 Å². The molecule has 0 saturated heterocycles. The summed E-state index contributed by atoms with van der Waals surface area (Å²) in [7, 11) is 2.01. The number of benzene rings is 1. The van der Waals surface area contributed by atoms with Crippen LogP contribution in [0.5, 0.6) is 0 Å². The van der Waals surface area contributed by atoms with E-state index in [1.807, 2.05) is 31.3 Å². The summed E-state index contributed by atoms with van der Waals surface area (Å²) in [5.41, 5.74) is 7.67. The van der Waals surface area contributed by atoms with Crippen molar-refractivity contribution in [3.05, 3.63) is 29.8 Å². The summed E-state index contributed by atoms with van der Waals surface area (Å²) >= 11 is 0. The predicted octanol–water partition coefficient (Wildman–Crippen LogP) is 0.735. The molecule has 0 radical (unpaired) electrons. The molecule has 14 heavy (non-hydrogen) atoms. The van der Waals surface area contributed by atoms with Crippen LogP contribution in [-0.4, -0.2) is 36.8 Å². The monoisotopic (exact) mass is 194 g/mol.